The van der Waals surface area contributed by atoms with Crippen molar-refractivity contribution in [2.75, 3.05) is 46.6 Å². The van der Waals surface area contributed by atoms with Crippen LogP contribution in [0.3, 0.4) is 0 Å². The van der Waals surface area contributed by atoms with Gasteiger partial charge in [-0.3, -0.25) is 0 Å². The molecule has 0 N–H and O–H groups in total. The van der Waals surface area contributed by atoms with Gasteiger partial charge in [0, 0.05) is 26.4 Å². The van der Waals surface area contributed by atoms with E-state index in [0.717, 1.165) is 76.5 Å². The summed E-state index contributed by atoms with van der Waals surface area (Å²) < 4.78 is 24.3. The van der Waals surface area contributed by atoms with E-state index in [-0.39, 0.29) is 0 Å². The van der Waals surface area contributed by atoms with E-state index in [1.165, 1.54) is 0 Å². The van der Waals surface area contributed by atoms with Crippen molar-refractivity contribution in [1.29, 1.82) is 0 Å². The van der Waals surface area contributed by atoms with E-state index in [1.54, 1.807) is 0 Å². The minimum Gasteiger partial charge on any atom is -0.394 e. The Labute approximate surface area is 165 Å². The molecule has 0 aliphatic carbocycles. The maximum atomic E-state index is 6.07. The van der Waals surface area contributed by atoms with Gasteiger partial charge < -0.3 is 22.6 Å². The van der Waals surface area contributed by atoms with Gasteiger partial charge in [0.2, 0.25) is 0 Å². The van der Waals surface area contributed by atoms with Crippen molar-refractivity contribution in [3.63, 3.8) is 0 Å². The van der Waals surface area contributed by atoms with Crippen LogP contribution in [0.15, 0.2) is 0 Å². The highest BCUT2D eigenvalue weighted by Gasteiger charge is 2.35. The number of hydrogen-bond donors (Lipinski definition) is 0. The van der Waals surface area contributed by atoms with Crippen LogP contribution in [0.25, 0.3) is 0 Å². The first-order chi connectivity index (χ1) is 12.5. The average molecular weight is 408 g/mol. The van der Waals surface area contributed by atoms with Gasteiger partial charge in [-0.05, 0) is 84.9 Å². The zero-order valence-electron chi connectivity index (χ0n) is 18.6. The molecule has 0 unspecified atom stereocenters. The van der Waals surface area contributed by atoms with Crippen molar-refractivity contribution < 1.29 is 17.7 Å². The van der Waals surface area contributed by atoms with Gasteiger partial charge in [-0.15, -0.1) is 0 Å². The van der Waals surface area contributed by atoms with Gasteiger partial charge in [0.1, 0.15) is 0 Å². The molecular formula is C19H45NO4Si2. The maximum absolute atomic E-state index is 6.07. The Hall–Kier alpha value is 0.234. The van der Waals surface area contributed by atoms with E-state index in [4.69, 9.17) is 17.7 Å². The molecule has 0 amide bonds. The fourth-order valence-corrected chi connectivity index (χ4v) is 9.30. The van der Waals surface area contributed by atoms with Crippen LogP contribution in [-0.2, 0) is 17.7 Å². The molecule has 0 aromatic rings. The minimum atomic E-state index is -1.98. The van der Waals surface area contributed by atoms with Gasteiger partial charge in [-0.2, -0.15) is 0 Å². The van der Waals surface area contributed by atoms with E-state index in [2.05, 4.69) is 53.5 Å². The standard InChI is InChI=1S/C19H45NO4Si2/c1-8-21-25(12-5,22-9-2)18-14-16-20(7)17-15-19-26(13-6,23-10-3)24-11-4/h8-19H2,1-7H3. The third-order valence-corrected chi connectivity index (χ3v) is 12.5. The van der Waals surface area contributed by atoms with Gasteiger partial charge in [0.15, 0.2) is 0 Å². The third-order valence-electron chi connectivity index (χ3n) is 4.90. The van der Waals surface area contributed by atoms with Crippen molar-refractivity contribution in [1.82, 2.24) is 4.90 Å². The summed E-state index contributed by atoms with van der Waals surface area (Å²) in [6, 6.07) is 4.24. The Bertz CT molecular complexity index is 293. The van der Waals surface area contributed by atoms with E-state index in [9.17, 15) is 0 Å². The predicted octanol–water partition coefficient (Wildman–Crippen LogP) is 4.77. The topological polar surface area (TPSA) is 40.2 Å². The molecule has 0 radical (unpaired) electrons. The molecule has 0 saturated heterocycles. The Kier molecular flexibility index (Phi) is 15.3. The largest absolute Gasteiger partial charge is 0.394 e. The molecule has 0 spiro atoms. The number of hydrogen-bond acceptors (Lipinski definition) is 5. The van der Waals surface area contributed by atoms with Crippen molar-refractivity contribution in [2.45, 2.75) is 78.6 Å². The van der Waals surface area contributed by atoms with Crippen LogP contribution in [-0.4, -0.2) is 68.6 Å². The van der Waals surface area contributed by atoms with Crippen molar-refractivity contribution in [3.8, 4) is 0 Å². The summed E-state index contributed by atoms with van der Waals surface area (Å²) in [5, 5.41) is 0. The zero-order valence-corrected chi connectivity index (χ0v) is 20.6. The first-order valence-corrected chi connectivity index (χ1v) is 15.2. The number of nitrogens with zero attached hydrogens (tertiary/aromatic N) is 1. The van der Waals surface area contributed by atoms with Crippen LogP contribution in [0.2, 0.25) is 24.2 Å². The van der Waals surface area contributed by atoms with Crippen LogP contribution in [0.1, 0.15) is 54.4 Å². The lowest BCUT2D eigenvalue weighted by Crippen LogP contribution is -2.42. The van der Waals surface area contributed by atoms with Gasteiger partial charge in [0.25, 0.3) is 0 Å². The van der Waals surface area contributed by atoms with Gasteiger partial charge >= 0.3 is 17.1 Å². The zero-order chi connectivity index (χ0) is 19.9. The maximum Gasteiger partial charge on any atom is 0.337 e. The summed E-state index contributed by atoms with van der Waals surface area (Å²) in [6.07, 6.45) is 2.29. The van der Waals surface area contributed by atoms with Crippen LogP contribution < -0.4 is 0 Å². The van der Waals surface area contributed by atoms with E-state index < -0.39 is 17.1 Å². The normalized spacial score (nSPS) is 12.9. The van der Waals surface area contributed by atoms with Crippen molar-refractivity contribution >= 4 is 17.1 Å². The molecule has 0 aromatic carbocycles. The van der Waals surface area contributed by atoms with E-state index in [1.807, 2.05) is 0 Å². The fourth-order valence-electron chi connectivity index (χ4n) is 3.53. The second-order valence-electron chi connectivity index (χ2n) is 6.77. The van der Waals surface area contributed by atoms with Crippen LogP contribution in [0.5, 0.6) is 0 Å². The highest BCUT2D eigenvalue weighted by atomic mass is 28.4. The molecule has 0 bridgehead atoms. The molecule has 5 nitrogen and oxygen atoms in total. The molecule has 0 saturated carbocycles. The third kappa shape index (κ3) is 9.96. The summed E-state index contributed by atoms with van der Waals surface area (Å²) in [6.45, 7) is 17.9. The highest BCUT2D eigenvalue weighted by Crippen LogP contribution is 2.22. The quantitative estimate of drug-likeness (QED) is 0.306. The van der Waals surface area contributed by atoms with Gasteiger partial charge in [-0.25, -0.2) is 0 Å². The second kappa shape index (κ2) is 15.2. The summed E-state index contributed by atoms with van der Waals surface area (Å²) in [4.78, 5) is 2.43. The molecule has 0 atom stereocenters. The van der Waals surface area contributed by atoms with Crippen LogP contribution in [0, 0.1) is 0 Å². The lowest BCUT2D eigenvalue weighted by Gasteiger charge is -2.30. The van der Waals surface area contributed by atoms with Gasteiger partial charge in [-0.1, -0.05) is 13.8 Å². The highest BCUT2D eigenvalue weighted by molar-refractivity contribution is 6.67. The second-order valence-corrected chi connectivity index (χ2v) is 14.0. The Morgan fingerprint density at radius 1 is 0.577 bits per heavy atom. The molecule has 0 heterocycles. The van der Waals surface area contributed by atoms with Crippen LogP contribution >= 0.6 is 0 Å². The summed E-state index contributed by atoms with van der Waals surface area (Å²) in [5.41, 5.74) is 0. The smallest absolute Gasteiger partial charge is 0.337 e. The summed E-state index contributed by atoms with van der Waals surface area (Å²) in [7, 11) is -1.75. The monoisotopic (exact) mass is 407 g/mol. The molecule has 0 rings (SSSR count). The SMILES string of the molecule is CCO[Si](CC)(CCCN(C)CCC[Si](CC)(OCC)OCC)OCC. The first kappa shape index (κ1) is 26.2. The number of rotatable bonds is 18. The molecule has 7 heteroatoms. The molecule has 0 fully saturated rings. The molecule has 26 heavy (non-hydrogen) atoms. The molecular weight excluding hydrogens is 362 g/mol. The predicted molar refractivity (Wildman–Crippen MR) is 115 cm³/mol. The summed E-state index contributed by atoms with van der Waals surface area (Å²) >= 11 is 0. The molecule has 0 aliphatic heterocycles. The van der Waals surface area contributed by atoms with Gasteiger partial charge in [0.05, 0.1) is 0 Å². The van der Waals surface area contributed by atoms with Crippen LogP contribution in [0.4, 0.5) is 0 Å². The Morgan fingerprint density at radius 3 is 1.12 bits per heavy atom. The molecule has 0 aliphatic rings. The summed E-state index contributed by atoms with van der Waals surface area (Å²) in [5.74, 6) is 0. The lowest BCUT2D eigenvalue weighted by atomic mass is 10.4. The van der Waals surface area contributed by atoms with E-state index >= 15 is 0 Å². The Balaban J connectivity index is 4.30. The molecule has 158 valence electrons. The fraction of sp³-hybridized carbons (Fsp3) is 1.00. The Morgan fingerprint density at radius 2 is 0.885 bits per heavy atom. The lowest BCUT2D eigenvalue weighted by molar-refractivity contribution is 0.179. The van der Waals surface area contributed by atoms with E-state index in [0.29, 0.717) is 0 Å². The molecule has 0 aromatic heterocycles. The van der Waals surface area contributed by atoms with Crippen molar-refractivity contribution in [2.24, 2.45) is 0 Å². The minimum absolute atomic E-state index is 0.758. The average Bonchev–Trinajstić information content (AvgIpc) is 2.62. The van der Waals surface area contributed by atoms with Crippen molar-refractivity contribution in [3.05, 3.63) is 0 Å². The first-order valence-electron chi connectivity index (χ1n) is 10.7.